The Hall–Kier alpha value is -2.37. The fraction of sp³-hybridized carbons (Fsp3) is 0.188. The van der Waals surface area contributed by atoms with Gasteiger partial charge in [0, 0.05) is 12.1 Å². The van der Waals surface area contributed by atoms with Crippen LogP contribution in [0, 0.1) is 5.82 Å². The molecule has 0 spiro atoms. The van der Waals surface area contributed by atoms with Crippen molar-refractivity contribution in [1.82, 2.24) is 5.32 Å². The number of rotatable bonds is 4. The Morgan fingerprint density at radius 3 is 2.45 bits per heavy atom. The minimum atomic E-state index is -4.49. The summed E-state index contributed by atoms with van der Waals surface area (Å²) in [5, 5.41) is 2.52. The Bertz CT molecular complexity index is 667. The van der Waals surface area contributed by atoms with Crippen LogP contribution in [0.3, 0.4) is 0 Å². The van der Waals surface area contributed by atoms with Gasteiger partial charge in [0.25, 0.3) is 5.91 Å². The normalized spacial score (nSPS) is 11.3. The van der Waals surface area contributed by atoms with E-state index in [0.717, 1.165) is 12.1 Å². The summed E-state index contributed by atoms with van der Waals surface area (Å²) >= 11 is 0. The lowest BCUT2D eigenvalue weighted by molar-refractivity contribution is -0.137. The zero-order valence-corrected chi connectivity index (χ0v) is 11.5. The van der Waals surface area contributed by atoms with E-state index in [0.29, 0.717) is 12.0 Å². The molecule has 0 unspecified atom stereocenters. The van der Waals surface area contributed by atoms with Crippen LogP contribution in [0.2, 0.25) is 0 Å². The van der Waals surface area contributed by atoms with E-state index in [1.165, 1.54) is 24.3 Å². The predicted molar refractivity (Wildman–Crippen MR) is 73.9 cm³/mol. The van der Waals surface area contributed by atoms with Crippen molar-refractivity contribution < 1.29 is 22.4 Å². The molecule has 0 aromatic heterocycles. The van der Waals surface area contributed by atoms with Gasteiger partial charge in [0.1, 0.15) is 5.82 Å². The van der Waals surface area contributed by atoms with Crippen molar-refractivity contribution in [3.8, 4) is 0 Å². The van der Waals surface area contributed by atoms with E-state index in [-0.39, 0.29) is 17.9 Å². The molecule has 0 aliphatic rings. The largest absolute Gasteiger partial charge is 0.416 e. The molecule has 2 nitrogen and oxygen atoms in total. The van der Waals surface area contributed by atoms with E-state index in [2.05, 4.69) is 5.32 Å². The van der Waals surface area contributed by atoms with Crippen LogP contribution < -0.4 is 5.32 Å². The standard InChI is InChI=1S/C16H13F4NO/c17-14-6-1-3-11(9-14)7-8-21-15(22)12-4-2-5-13(10-12)16(18,19)20/h1-6,9-10H,7-8H2,(H,21,22). The van der Waals surface area contributed by atoms with Crippen LogP contribution in [0.4, 0.5) is 17.6 Å². The molecular formula is C16H13F4NO. The smallest absolute Gasteiger partial charge is 0.352 e. The SMILES string of the molecule is O=C(NCCc1cccc(F)c1)c1cccc(C(F)(F)F)c1. The molecule has 0 aliphatic carbocycles. The van der Waals surface area contributed by atoms with Gasteiger partial charge in [-0.15, -0.1) is 0 Å². The zero-order valence-electron chi connectivity index (χ0n) is 11.5. The summed E-state index contributed by atoms with van der Waals surface area (Å²) in [4.78, 5) is 11.8. The Morgan fingerprint density at radius 1 is 1.05 bits per heavy atom. The highest BCUT2D eigenvalue weighted by atomic mass is 19.4. The Morgan fingerprint density at radius 2 is 1.77 bits per heavy atom. The van der Waals surface area contributed by atoms with E-state index in [1.807, 2.05) is 0 Å². The molecule has 116 valence electrons. The van der Waals surface area contributed by atoms with Crippen LogP contribution in [0.5, 0.6) is 0 Å². The van der Waals surface area contributed by atoms with Crippen LogP contribution in [-0.2, 0) is 12.6 Å². The van der Waals surface area contributed by atoms with Crippen LogP contribution in [0.1, 0.15) is 21.5 Å². The summed E-state index contributed by atoms with van der Waals surface area (Å²) in [5.74, 6) is -0.968. The molecule has 22 heavy (non-hydrogen) atoms. The molecule has 0 fully saturated rings. The summed E-state index contributed by atoms with van der Waals surface area (Å²) in [5.41, 5.74) is -0.233. The number of halogens is 4. The molecule has 0 atom stereocenters. The highest BCUT2D eigenvalue weighted by molar-refractivity contribution is 5.94. The molecule has 0 heterocycles. The topological polar surface area (TPSA) is 29.1 Å². The number of nitrogens with one attached hydrogen (secondary N) is 1. The lowest BCUT2D eigenvalue weighted by Crippen LogP contribution is -2.26. The van der Waals surface area contributed by atoms with Crippen molar-refractivity contribution in [3.05, 3.63) is 71.0 Å². The van der Waals surface area contributed by atoms with Gasteiger partial charge in [-0.3, -0.25) is 4.79 Å². The Kier molecular flexibility index (Phi) is 4.80. The predicted octanol–water partition coefficient (Wildman–Crippen LogP) is 3.82. The summed E-state index contributed by atoms with van der Waals surface area (Å²) in [6.07, 6.45) is -4.10. The first-order chi connectivity index (χ1) is 10.4. The maximum atomic E-state index is 13.0. The molecule has 2 aromatic carbocycles. The van der Waals surface area contributed by atoms with E-state index < -0.39 is 17.6 Å². The van der Waals surface area contributed by atoms with Gasteiger partial charge in [-0.05, 0) is 42.3 Å². The van der Waals surface area contributed by atoms with Crippen molar-refractivity contribution in [1.29, 1.82) is 0 Å². The zero-order chi connectivity index (χ0) is 16.2. The van der Waals surface area contributed by atoms with E-state index >= 15 is 0 Å². The lowest BCUT2D eigenvalue weighted by atomic mass is 10.1. The monoisotopic (exact) mass is 311 g/mol. The van der Waals surface area contributed by atoms with Gasteiger partial charge in [-0.1, -0.05) is 18.2 Å². The van der Waals surface area contributed by atoms with Crippen molar-refractivity contribution in [3.63, 3.8) is 0 Å². The van der Waals surface area contributed by atoms with Crippen molar-refractivity contribution in [2.45, 2.75) is 12.6 Å². The van der Waals surface area contributed by atoms with Gasteiger partial charge in [0.15, 0.2) is 0 Å². The molecule has 0 aliphatic heterocycles. The average molecular weight is 311 g/mol. The highest BCUT2D eigenvalue weighted by Crippen LogP contribution is 2.29. The van der Waals surface area contributed by atoms with Crippen LogP contribution in [-0.4, -0.2) is 12.5 Å². The van der Waals surface area contributed by atoms with Gasteiger partial charge in [0.05, 0.1) is 5.56 Å². The third-order valence-corrected chi connectivity index (χ3v) is 3.04. The van der Waals surface area contributed by atoms with E-state index in [9.17, 15) is 22.4 Å². The molecule has 0 radical (unpaired) electrons. The van der Waals surface area contributed by atoms with Crippen molar-refractivity contribution >= 4 is 5.91 Å². The van der Waals surface area contributed by atoms with Crippen molar-refractivity contribution in [2.24, 2.45) is 0 Å². The van der Waals surface area contributed by atoms with E-state index in [4.69, 9.17) is 0 Å². The van der Waals surface area contributed by atoms with Crippen LogP contribution >= 0.6 is 0 Å². The molecule has 6 heteroatoms. The maximum absolute atomic E-state index is 13.0. The Labute approximate surface area is 124 Å². The molecule has 1 N–H and O–H groups in total. The molecule has 0 saturated heterocycles. The summed E-state index contributed by atoms with van der Waals surface area (Å²) in [6, 6.07) is 10.1. The second kappa shape index (κ2) is 6.60. The second-order valence-corrected chi connectivity index (χ2v) is 4.71. The molecule has 2 rings (SSSR count). The summed E-state index contributed by atoms with van der Waals surface area (Å²) < 4.78 is 50.7. The van der Waals surface area contributed by atoms with Gasteiger partial charge in [0.2, 0.25) is 0 Å². The second-order valence-electron chi connectivity index (χ2n) is 4.71. The number of alkyl halides is 3. The molecule has 2 aromatic rings. The molecule has 0 saturated carbocycles. The number of hydrogen-bond donors (Lipinski definition) is 1. The third-order valence-electron chi connectivity index (χ3n) is 3.04. The van der Waals surface area contributed by atoms with Gasteiger partial charge >= 0.3 is 6.18 Å². The van der Waals surface area contributed by atoms with Crippen LogP contribution in [0.25, 0.3) is 0 Å². The maximum Gasteiger partial charge on any atom is 0.416 e. The average Bonchev–Trinajstić information content (AvgIpc) is 2.46. The fourth-order valence-electron chi connectivity index (χ4n) is 1.95. The fourth-order valence-corrected chi connectivity index (χ4v) is 1.95. The minimum Gasteiger partial charge on any atom is -0.352 e. The number of carbonyl (C=O) groups is 1. The number of benzene rings is 2. The highest BCUT2D eigenvalue weighted by Gasteiger charge is 2.30. The third kappa shape index (κ3) is 4.31. The number of amides is 1. The molecule has 1 amide bonds. The minimum absolute atomic E-state index is 0.0610. The van der Waals surface area contributed by atoms with Crippen LogP contribution in [0.15, 0.2) is 48.5 Å². The number of hydrogen-bond acceptors (Lipinski definition) is 1. The van der Waals surface area contributed by atoms with Gasteiger partial charge in [-0.25, -0.2) is 4.39 Å². The first-order valence-corrected chi connectivity index (χ1v) is 6.56. The first kappa shape index (κ1) is 16.0. The quantitative estimate of drug-likeness (QED) is 0.855. The molecule has 0 bridgehead atoms. The van der Waals surface area contributed by atoms with Gasteiger partial charge < -0.3 is 5.32 Å². The Balaban J connectivity index is 1.95. The van der Waals surface area contributed by atoms with E-state index in [1.54, 1.807) is 12.1 Å². The number of carbonyl (C=O) groups excluding carboxylic acids is 1. The first-order valence-electron chi connectivity index (χ1n) is 6.56. The molecular weight excluding hydrogens is 298 g/mol. The summed E-state index contributed by atoms with van der Waals surface area (Å²) in [6.45, 7) is 0.207. The lowest BCUT2D eigenvalue weighted by Gasteiger charge is -2.09. The van der Waals surface area contributed by atoms with Gasteiger partial charge in [-0.2, -0.15) is 13.2 Å². The van der Waals surface area contributed by atoms with Crippen molar-refractivity contribution in [2.75, 3.05) is 6.54 Å². The summed E-state index contributed by atoms with van der Waals surface area (Å²) in [7, 11) is 0.